The molecule has 196 valence electrons. The van der Waals surface area contributed by atoms with Crippen molar-refractivity contribution in [2.45, 2.75) is 31.1 Å². The van der Waals surface area contributed by atoms with Crippen LogP contribution in [0.5, 0.6) is 0 Å². The van der Waals surface area contributed by atoms with Gasteiger partial charge in [0.25, 0.3) is 11.8 Å². The lowest BCUT2D eigenvalue weighted by molar-refractivity contribution is -0.689. The number of hydrogen-bond donors (Lipinski definition) is 3. The minimum absolute atomic E-state index is 0.104. The number of carbonyl (C=O) groups excluding carboxylic acids is 2. The van der Waals surface area contributed by atoms with Gasteiger partial charge in [-0.05, 0) is 11.1 Å². The van der Waals surface area contributed by atoms with Crippen LogP contribution in [-0.4, -0.2) is 44.6 Å². The van der Waals surface area contributed by atoms with E-state index in [-0.39, 0.29) is 38.8 Å². The molecule has 2 amide bonds. The highest BCUT2D eigenvalue weighted by Crippen LogP contribution is 2.36. The van der Waals surface area contributed by atoms with Crippen molar-refractivity contribution in [1.29, 1.82) is 0 Å². The smallest absolute Gasteiger partial charge is 0.276 e. The number of nitrogens with two attached hydrogens (primary N) is 2. The number of halogens is 1. The molecule has 0 saturated carbocycles. The van der Waals surface area contributed by atoms with Crippen LogP contribution in [0.2, 0.25) is 4.34 Å². The van der Waals surface area contributed by atoms with Gasteiger partial charge in [-0.2, -0.15) is 0 Å². The number of aromatic nitrogens is 2. The first-order valence-electron chi connectivity index (χ1n) is 11.7. The van der Waals surface area contributed by atoms with Gasteiger partial charge in [0.15, 0.2) is 29.8 Å². The number of nitrogen functional groups attached to an aromatic ring is 1. The fourth-order valence-corrected chi connectivity index (χ4v) is 6.21. The lowest BCUT2D eigenvalue weighted by Gasteiger charge is -2.47. The van der Waals surface area contributed by atoms with Gasteiger partial charge in [0.2, 0.25) is 0 Å². The number of thiazole rings is 1. The molecule has 0 radical (unpaired) electrons. The predicted octanol–water partition coefficient (Wildman–Crippen LogP) is 2.03. The van der Waals surface area contributed by atoms with Crippen LogP contribution in [-0.2, 0) is 34.1 Å². The average molecular weight is 571 g/mol. The third kappa shape index (κ3) is 5.68. The molecule has 13 heteroatoms. The number of thioether (sulfide) groups is 1. The average Bonchev–Trinajstić information content (AvgIpc) is 3.27. The second-order valence-electron chi connectivity index (χ2n) is 8.64. The highest BCUT2D eigenvalue weighted by atomic mass is 35.5. The molecule has 3 aromatic rings. The lowest BCUT2D eigenvalue weighted by atomic mass is 10.1. The van der Waals surface area contributed by atoms with E-state index < -0.39 is 11.9 Å². The van der Waals surface area contributed by atoms with Gasteiger partial charge in [-0.15, -0.1) is 11.8 Å². The SMILES string of the molecule is NCc1ccc(CO/N=C(\C(=O)N[C@@H]2C(=O)N3C=C(C[n+]4ccccc4)CS[C@H]23)c2nc(N)sc2Cl)cc1. The van der Waals surface area contributed by atoms with Gasteiger partial charge >= 0.3 is 0 Å². The Labute approximate surface area is 232 Å². The lowest BCUT2D eigenvalue weighted by Crippen LogP contribution is -2.69. The maximum absolute atomic E-state index is 13.3. The third-order valence-corrected chi connectivity index (χ3v) is 8.44. The molecule has 0 spiro atoms. The summed E-state index contributed by atoms with van der Waals surface area (Å²) in [7, 11) is 0. The number of nitrogens with zero attached hydrogens (tertiary/aromatic N) is 4. The fraction of sp³-hybridized carbons (Fsp3) is 0.240. The largest absolute Gasteiger partial charge is 0.390 e. The summed E-state index contributed by atoms with van der Waals surface area (Å²) in [6.45, 7) is 1.24. The summed E-state index contributed by atoms with van der Waals surface area (Å²) >= 11 is 8.90. The highest BCUT2D eigenvalue weighted by molar-refractivity contribution is 8.00. The zero-order valence-electron chi connectivity index (χ0n) is 20.1. The molecule has 5 rings (SSSR count). The molecular formula is C25H25ClN7O3S2+. The number of nitrogens with one attached hydrogen (secondary N) is 1. The first kappa shape index (κ1) is 26.2. The summed E-state index contributed by atoms with van der Waals surface area (Å²) in [5.74, 6) is -0.0800. The standard InChI is InChI=1S/C25H24ClN7O3S2/c26-21-18(30-25(28)38-21)19(31-36-13-16-6-4-15(10-27)5-7-16)22(34)29-20-23(35)33-12-17(14-37-24(20)33)11-32-8-2-1-3-9-32/h1-9,12,20,24H,10-11,13-14,27H2,(H2-,28,29,30,34)/p+1/b31-19-/t20-,24-/m1/s1. The van der Waals surface area contributed by atoms with Crippen molar-refractivity contribution in [1.82, 2.24) is 15.2 Å². The fourth-order valence-electron chi connectivity index (χ4n) is 4.03. The van der Waals surface area contributed by atoms with Crippen molar-refractivity contribution >= 4 is 57.4 Å². The number of pyridine rings is 1. The Morgan fingerprint density at radius 3 is 2.66 bits per heavy atom. The Hall–Kier alpha value is -3.45. The molecule has 0 unspecified atom stereocenters. The monoisotopic (exact) mass is 570 g/mol. The van der Waals surface area contributed by atoms with E-state index in [1.807, 2.05) is 61.1 Å². The van der Waals surface area contributed by atoms with Crippen LogP contribution in [0.4, 0.5) is 5.13 Å². The minimum Gasteiger partial charge on any atom is -0.390 e. The zero-order chi connectivity index (χ0) is 26.6. The summed E-state index contributed by atoms with van der Waals surface area (Å²) in [5.41, 5.74) is 14.3. The molecule has 1 fully saturated rings. The van der Waals surface area contributed by atoms with E-state index in [1.54, 1.807) is 16.7 Å². The molecule has 2 atom stereocenters. The van der Waals surface area contributed by atoms with Gasteiger partial charge < -0.3 is 26.5 Å². The number of hydrogen-bond acceptors (Lipinski definition) is 9. The van der Waals surface area contributed by atoms with Crippen LogP contribution < -0.4 is 21.4 Å². The van der Waals surface area contributed by atoms with Crippen LogP contribution in [0.3, 0.4) is 0 Å². The molecule has 0 aliphatic carbocycles. The summed E-state index contributed by atoms with van der Waals surface area (Å²) < 4.78 is 2.25. The van der Waals surface area contributed by atoms with E-state index in [0.717, 1.165) is 33.8 Å². The molecule has 0 bridgehead atoms. The summed E-state index contributed by atoms with van der Waals surface area (Å²) in [6.07, 6.45) is 5.83. The van der Waals surface area contributed by atoms with E-state index in [2.05, 4.69) is 20.0 Å². The second kappa shape index (κ2) is 11.5. The number of carbonyl (C=O) groups is 2. The van der Waals surface area contributed by atoms with Crippen molar-refractivity contribution in [2.75, 3.05) is 11.5 Å². The van der Waals surface area contributed by atoms with E-state index in [4.69, 9.17) is 27.9 Å². The Kier molecular flexibility index (Phi) is 7.93. The van der Waals surface area contributed by atoms with Crippen LogP contribution in [0, 0.1) is 0 Å². The predicted molar refractivity (Wildman–Crippen MR) is 147 cm³/mol. The van der Waals surface area contributed by atoms with Crippen LogP contribution in [0.1, 0.15) is 16.8 Å². The van der Waals surface area contributed by atoms with Gasteiger partial charge in [0, 0.05) is 36.2 Å². The summed E-state index contributed by atoms with van der Waals surface area (Å²) in [5, 5.41) is 6.80. The molecule has 2 aromatic heterocycles. The van der Waals surface area contributed by atoms with E-state index >= 15 is 0 Å². The quantitative estimate of drug-likeness (QED) is 0.155. The molecule has 1 aromatic carbocycles. The Bertz CT molecular complexity index is 1400. The molecule has 2 aliphatic heterocycles. The van der Waals surface area contributed by atoms with Crippen molar-refractivity contribution in [2.24, 2.45) is 10.9 Å². The topological polar surface area (TPSA) is 140 Å². The number of anilines is 1. The minimum atomic E-state index is -0.710. The molecule has 10 nitrogen and oxygen atoms in total. The van der Waals surface area contributed by atoms with Gasteiger partial charge in [-0.25, -0.2) is 9.55 Å². The van der Waals surface area contributed by atoms with E-state index in [1.165, 1.54) is 0 Å². The normalized spacial score (nSPS) is 18.9. The summed E-state index contributed by atoms with van der Waals surface area (Å²) in [6, 6.07) is 12.7. The molecule has 5 N–H and O–H groups in total. The maximum atomic E-state index is 13.3. The van der Waals surface area contributed by atoms with Crippen molar-refractivity contribution in [3.05, 3.63) is 87.8 Å². The summed E-state index contributed by atoms with van der Waals surface area (Å²) in [4.78, 5) is 37.5. The van der Waals surface area contributed by atoms with Crippen LogP contribution in [0.15, 0.2) is 71.8 Å². The Morgan fingerprint density at radius 1 is 1.24 bits per heavy atom. The maximum Gasteiger partial charge on any atom is 0.276 e. The first-order chi connectivity index (χ1) is 18.4. The second-order valence-corrected chi connectivity index (χ2v) is 11.4. The van der Waals surface area contributed by atoms with Gasteiger partial charge in [-0.1, -0.05) is 58.4 Å². The van der Waals surface area contributed by atoms with Gasteiger partial charge in [-0.3, -0.25) is 9.59 Å². The number of oxime groups is 1. The molecule has 2 aliphatic rings. The van der Waals surface area contributed by atoms with Crippen molar-refractivity contribution < 1.29 is 19.0 Å². The van der Waals surface area contributed by atoms with Crippen LogP contribution >= 0.6 is 34.7 Å². The third-order valence-electron chi connectivity index (χ3n) is 5.98. The number of β-lactam (4-membered cyclic amide) rings is 1. The first-order valence-corrected chi connectivity index (χ1v) is 14.0. The number of amides is 2. The van der Waals surface area contributed by atoms with Crippen molar-refractivity contribution in [3.63, 3.8) is 0 Å². The van der Waals surface area contributed by atoms with Gasteiger partial charge in [0.1, 0.15) is 28.1 Å². The van der Waals surface area contributed by atoms with Gasteiger partial charge in [0.05, 0.1) is 0 Å². The van der Waals surface area contributed by atoms with Crippen molar-refractivity contribution in [3.8, 4) is 0 Å². The molecule has 1 saturated heterocycles. The van der Waals surface area contributed by atoms with E-state index in [9.17, 15) is 9.59 Å². The molecular weight excluding hydrogens is 546 g/mol. The van der Waals surface area contributed by atoms with Crippen LogP contribution in [0.25, 0.3) is 0 Å². The molecule has 38 heavy (non-hydrogen) atoms. The number of fused-ring (bicyclic) bond motifs is 1. The number of rotatable bonds is 9. The highest BCUT2D eigenvalue weighted by Gasteiger charge is 2.50. The van der Waals surface area contributed by atoms with E-state index in [0.29, 0.717) is 13.1 Å². The number of benzene rings is 1. The molecule has 4 heterocycles. The Balaban J connectivity index is 1.27. The zero-order valence-corrected chi connectivity index (χ0v) is 22.5. The Morgan fingerprint density at radius 2 is 1.97 bits per heavy atom.